The number of halogens is 1. The fraction of sp³-hybridized carbons (Fsp3) is 0.562. The molecule has 1 fully saturated rings. The van der Waals surface area contributed by atoms with Gasteiger partial charge in [-0.05, 0) is 36.9 Å². The average molecular weight is 310 g/mol. The Morgan fingerprint density at radius 3 is 2.76 bits per heavy atom. The number of rotatable bonds is 2. The van der Waals surface area contributed by atoms with Crippen molar-refractivity contribution in [3.8, 4) is 0 Å². The molecule has 21 heavy (non-hydrogen) atoms. The summed E-state index contributed by atoms with van der Waals surface area (Å²) in [4.78, 5) is 16.6. The SMILES string of the molecule is Cl.N[C@@H]1CCCN(CC(=O)N2CCc3ccccc3C2)C1. The van der Waals surface area contributed by atoms with Crippen LogP contribution in [0.4, 0.5) is 0 Å². The first-order valence-electron chi connectivity index (χ1n) is 7.55. The molecule has 3 rings (SSSR count). The Morgan fingerprint density at radius 1 is 1.24 bits per heavy atom. The first-order chi connectivity index (χ1) is 9.72. The van der Waals surface area contributed by atoms with E-state index in [0.717, 1.165) is 45.4 Å². The zero-order valence-electron chi connectivity index (χ0n) is 12.3. The summed E-state index contributed by atoms with van der Waals surface area (Å²) in [5.74, 6) is 0.244. The van der Waals surface area contributed by atoms with Crippen LogP contribution >= 0.6 is 12.4 Å². The van der Waals surface area contributed by atoms with E-state index in [2.05, 4.69) is 29.2 Å². The number of piperidine rings is 1. The Hall–Kier alpha value is -1.10. The molecule has 0 unspecified atom stereocenters. The van der Waals surface area contributed by atoms with Gasteiger partial charge < -0.3 is 10.6 Å². The Labute approximate surface area is 132 Å². The Morgan fingerprint density at radius 2 is 2.00 bits per heavy atom. The van der Waals surface area contributed by atoms with Gasteiger partial charge in [0.1, 0.15) is 0 Å². The molecule has 116 valence electrons. The van der Waals surface area contributed by atoms with Gasteiger partial charge in [0.2, 0.25) is 5.91 Å². The molecule has 1 aromatic carbocycles. The Bertz CT molecular complexity index is 494. The quantitative estimate of drug-likeness (QED) is 0.899. The van der Waals surface area contributed by atoms with Gasteiger partial charge in [-0.15, -0.1) is 12.4 Å². The van der Waals surface area contributed by atoms with E-state index >= 15 is 0 Å². The molecule has 4 nitrogen and oxygen atoms in total. The van der Waals surface area contributed by atoms with Gasteiger partial charge in [0.25, 0.3) is 0 Å². The molecular formula is C16H24ClN3O. The molecule has 2 aliphatic heterocycles. The van der Waals surface area contributed by atoms with Crippen LogP contribution in [0.1, 0.15) is 24.0 Å². The van der Waals surface area contributed by atoms with Crippen LogP contribution in [-0.2, 0) is 17.8 Å². The van der Waals surface area contributed by atoms with Gasteiger partial charge in [-0.2, -0.15) is 0 Å². The minimum atomic E-state index is 0. The highest BCUT2D eigenvalue weighted by molar-refractivity contribution is 5.85. The van der Waals surface area contributed by atoms with Gasteiger partial charge in [-0.1, -0.05) is 24.3 Å². The first-order valence-corrected chi connectivity index (χ1v) is 7.55. The molecule has 0 aliphatic carbocycles. The topological polar surface area (TPSA) is 49.6 Å². The molecule has 0 bridgehead atoms. The van der Waals surface area contributed by atoms with E-state index in [1.54, 1.807) is 0 Å². The second kappa shape index (κ2) is 7.25. The molecule has 1 aromatic rings. The van der Waals surface area contributed by atoms with Crippen molar-refractivity contribution < 1.29 is 4.79 Å². The summed E-state index contributed by atoms with van der Waals surface area (Å²) in [6.07, 6.45) is 3.17. The number of nitrogens with zero attached hydrogens (tertiary/aromatic N) is 2. The van der Waals surface area contributed by atoms with E-state index in [4.69, 9.17) is 5.73 Å². The van der Waals surface area contributed by atoms with Crippen molar-refractivity contribution in [2.24, 2.45) is 5.73 Å². The second-order valence-corrected chi connectivity index (χ2v) is 5.97. The van der Waals surface area contributed by atoms with E-state index < -0.39 is 0 Å². The predicted octanol–water partition coefficient (Wildman–Crippen LogP) is 1.42. The zero-order valence-corrected chi connectivity index (χ0v) is 13.1. The van der Waals surface area contributed by atoms with Crippen LogP contribution in [0.5, 0.6) is 0 Å². The third-order valence-corrected chi connectivity index (χ3v) is 4.38. The van der Waals surface area contributed by atoms with Crippen molar-refractivity contribution >= 4 is 18.3 Å². The number of carbonyl (C=O) groups excluding carboxylic acids is 1. The number of nitrogens with two attached hydrogens (primary N) is 1. The maximum atomic E-state index is 12.4. The highest BCUT2D eigenvalue weighted by atomic mass is 35.5. The Balaban J connectivity index is 0.00000161. The maximum absolute atomic E-state index is 12.4. The van der Waals surface area contributed by atoms with Gasteiger partial charge in [0.15, 0.2) is 0 Å². The fourth-order valence-corrected chi connectivity index (χ4v) is 3.23. The Kier molecular flexibility index (Phi) is 5.62. The van der Waals surface area contributed by atoms with Crippen molar-refractivity contribution in [3.63, 3.8) is 0 Å². The second-order valence-electron chi connectivity index (χ2n) is 5.97. The molecule has 0 aromatic heterocycles. The van der Waals surface area contributed by atoms with E-state index in [-0.39, 0.29) is 24.4 Å². The minimum Gasteiger partial charge on any atom is -0.337 e. The van der Waals surface area contributed by atoms with Gasteiger partial charge >= 0.3 is 0 Å². The van der Waals surface area contributed by atoms with Crippen LogP contribution in [0, 0.1) is 0 Å². The molecule has 2 heterocycles. The van der Waals surface area contributed by atoms with Crippen molar-refractivity contribution in [1.29, 1.82) is 0 Å². The van der Waals surface area contributed by atoms with Crippen molar-refractivity contribution in [1.82, 2.24) is 9.80 Å². The molecule has 5 heteroatoms. The van der Waals surface area contributed by atoms with Crippen molar-refractivity contribution in [2.45, 2.75) is 31.8 Å². The van der Waals surface area contributed by atoms with E-state index in [1.807, 2.05) is 4.90 Å². The summed E-state index contributed by atoms with van der Waals surface area (Å²) in [6, 6.07) is 8.66. The third-order valence-electron chi connectivity index (χ3n) is 4.38. The molecule has 2 aliphatic rings. The highest BCUT2D eigenvalue weighted by Gasteiger charge is 2.24. The molecule has 0 saturated carbocycles. The minimum absolute atomic E-state index is 0. The third kappa shape index (κ3) is 3.96. The van der Waals surface area contributed by atoms with Crippen LogP contribution in [0.2, 0.25) is 0 Å². The summed E-state index contributed by atoms with van der Waals surface area (Å²) >= 11 is 0. The molecule has 0 spiro atoms. The van der Waals surface area contributed by atoms with Crippen molar-refractivity contribution in [2.75, 3.05) is 26.2 Å². The normalized spacial score (nSPS) is 22.3. The number of carbonyl (C=O) groups is 1. The largest absolute Gasteiger partial charge is 0.337 e. The molecule has 2 N–H and O–H groups in total. The number of hydrogen-bond acceptors (Lipinski definition) is 3. The van der Waals surface area contributed by atoms with Gasteiger partial charge in [-0.3, -0.25) is 9.69 Å². The maximum Gasteiger partial charge on any atom is 0.237 e. The monoisotopic (exact) mass is 309 g/mol. The van der Waals surface area contributed by atoms with E-state index in [0.29, 0.717) is 6.54 Å². The number of likely N-dealkylation sites (tertiary alicyclic amines) is 1. The van der Waals surface area contributed by atoms with Crippen molar-refractivity contribution in [3.05, 3.63) is 35.4 Å². The smallest absolute Gasteiger partial charge is 0.237 e. The van der Waals surface area contributed by atoms with E-state index in [9.17, 15) is 4.79 Å². The molecular weight excluding hydrogens is 286 g/mol. The lowest BCUT2D eigenvalue weighted by molar-refractivity contribution is -0.133. The summed E-state index contributed by atoms with van der Waals surface area (Å²) in [7, 11) is 0. The zero-order chi connectivity index (χ0) is 13.9. The highest BCUT2D eigenvalue weighted by Crippen LogP contribution is 2.19. The first kappa shape index (κ1) is 16.3. The summed E-state index contributed by atoms with van der Waals surface area (Å²) < 4.78 is 0. The van der Waals surface area contributed by atoms with Crippen LogP contribution < -0.4 is 5.73 Å². The van der Waals surface area contributed by atoms with Crippen LogP contribution in [0.3, 0.4) is 0 Å². The van der Waals surface area contributed by atoms with Crippen LogP contribution in [0.25, 0.3) is 0 Å². The van der Waals surface area contributed by atoms with Gasteiger partial charge in [0.05, 0.1) is 6.54 Å². The fourth-order valence-electron chi connectivity index (χ4n) is 3.23. The summed E-state index contributed by atoms with van der Waals surface area (Å²) in [5.41, 5.74) is 8.66. The number of hydrogen-bond donors (Lipinski definition) is 1. The number of benzene rings is 1. The van der Waals surface area contributed by atoms with E-state index in [1.165, 1.54) is 11.1 Å². The molecule has 1 amide bonds. The average Bonchev–Trinajstić information content (AvgIpc) is 2.47. The standard InChI is InChI=1S/C16H23N3O.ClH/c17-15-6-3-8-18(11-15)12-16(20)19-9-7-13-4-1-2-5-14(13)10-19;/h1-2,4-5,15H,3,6-12,17H2;1H/t15-;/m1./s1. The molecule has 1 atom stereocenters. The summed E-state index contributed by atoms with van der Waals surface area (Å²) in [6.45, 7) is 3.99. The predicted molar refractivity (Wildman–Crippen MR) is 86.5 cm³/mol. The van der Waals surface area contributed by atoms with Crippen LogP contribution in [-0.4, -0.2) is 47.9 Å². The van der Waals surface area contributed by atoms with Gasteiger partial charge in [-0.25, -0.2) is 0 Å². The number of fused-ring (bicyclic) bond motifs is 1. The summed E-state index contributed by atoms with van der Waals surface area (Å²) in [5, 5.41) is 0. The lowest BCUT2D eigenvalue weighted by Gasteiger charge is -2.34. The lowest BCUT2D eigenvalue weighted by atomic mass is 10.00. The number of amides is 1. The van der Waals surface area contributed by atoms with Gasteiger partial charge in [0, 0.05) is 25.7 Å². The molecule has 0 radical (unpaired) electrons. The lowest BCUT2D eigenvalue weighted by Crippen LogP contribution is -2.48. The molecule has 1 saturated heterocycles. The van der Waals surface area contributed by atoms with Crippen LogP contribution in [0.15, 0.2) is 24.3 Å².